The van der Waals surface area contributed by atoms with Crippen molar-refractivity contribution in [1.29, 1.82) is 0 Å². The van der Waals surface area contributed by atoms with Crippen molar-refractivity contribution in [3.05, 3.63) is 48.5 Å². The summed E-state index contributed by atoms with van der Waals surface area (Å²) >= 11 is 0. The number of rotatable bonds is 5. The summed E-state index contributed by atoms with van der Waals surface area (Å²) in [5, 5.41) is 15.9. The zero-order chi connectivity index (χ0) is 22.1. The highest BCUT2D eigenvalue weighted by Gasteiger charge is 2.40. The Bertz CT molecular complexity index is 1250. The van der Waals surface area contributed by atoms with Gasteiger partial charge in [0.1, 0.15) is 18.5 Å². The molecule has 3 rings (SSSR count). The fourth-order valence-electron chi connectivity index (χ4n) is 2.74. The van der Waals surface area contributed by atoms with Crippen LogP contribution in [0.4, 0.5) is 6.01 Å². The molecule has 0 saturated heterocycles. The van der Waals surface area contributed by atoms with Gasteiger partial charge in [-0.05, 0) is 41.0 Å². The number of nitrogens with zero attached hydrogens (tertiary/aromatic N) is 2. The molecule has 3 N–H and O–H groups in total. The van der Waals surface area contributed by atoms with Crippen LogP contribution in [0.5, 0.6) is 5.75 Å². The number of carbonyl (C=O) groups excluding carboxylic acids is 1. The van der Waals surface area contributed by atoms with E-state index in [0.29, 0.717) is 11.3 Å². The molecule has 154 valence electrons. The largest absolute Gasteiger partial charge is 0.497 e. The molecule has 0 fully saturated rings. The van der Waals surface area contributed by atoms with Crippen LogP contribution in [0, 0.1) is 12.3 Å². The molecule has 0 radical (unpaired) electrons. The monoisotopic (exact) mass is 428 g/mol. The highest BCUT2D eigenvalue weighted by molar-refractivity contribution is 7.89. The molecular formula is C20H18N3O6S+. The maximum Gasteiger partial charge on any atom is 0.447 e. The first kappa shape index (κ1) is 21.2. The van der Waals surface area contributed by atoms with Crippen molar-refractivity contribution in [2.45, 2.75) is 4.90 Å². The highest BCUT2D eigenvalue weighted by Crippen LogP contribution is 2.39. The van der Waals surface area contributed by atoms with Gasteiger partial charge < -0.3 is 9.15 Å². The Kier molecular flexibility index (Phi) is 5.47. The minimum absolute atomic E-state index is 0.0111. The van der Waals surface area contributed by atoms with Crippen LogP contribution in [-0.2, 0) is 14.8 Å². The molecule has 0 aliphatic carbocycles. The first-order valence-electron chi connectivity index (χ1n) is 8.48. The van der Waals surface area contributed by atoms with Crippen LogP contribution in [0.15, 0.2) is 57.8 Å². The number of primary sulfonamides is 1. The summed E-state index contributed by atoms with van der Waals surface area (Å²) in [7, 11) is -1.52. The first-order chi connectivity index (χ1) is 14.1. The predicted molar refractivity (Wildman–Crippen MR) is 109 cm³/mol. The number of hydrogen-bond acceptors (Lipinski definition) is 7. The molecule has 9 nitrogen and oxygen atoms in total. The molecule has 0 saturated carbocycles. The van der Waals surface area contributed by atoms with E-state index < -0.39 is 26.6 Å². The van der Waals surface area contributed by atoms with Gasteiger partial charge in [-0.1, -0.05) is 12.1 Å². The molecular weight excluding hydrogens is 410 g/mol. The Morgan fingerprint density at radius 1 is 1.23 bits per heavy atom. The van der Waals surface area contributed by atoms with Gasteiger partial charge in [0.2, 0.25) is 10.0 Å². The Balaban J connectivity index is 2.32. The third kappa shape index (κ3) is 3.83. The van der Waals surface area contributed by atoms with Crippen molar-refractivity contribution in [1.82, 2.24) is 9.63 Å². The van der Waals surface area contributed by atoms with E-state index in [1.165, 1.54) is 25.3 Å². The number of carbonyl (C=O) groups is 1. The van der Waals surface area contributed by atoms with Crippen LogP contribution >= 0.6 is 0 Å². The zero-order valence-corrected chi connectivity index (χ0v) is 16.9. The van der Waals surface area contributed by atoms with Gasteiger partial charge in [-0.3, -0.25) is 0 Å². The van der Waals surface area contributed by atoms with E-state index in [1.807, 2.05) is 5.92 Å². The van der Waals surface area contributed by atoms with Crippen LogP contribution < -0.4 is 14.5 Å². The summed E-state index contributed by atoms with van der Waals surface area (Å²) in [5.74, 6) is 1.36. The molecule has 30 heavy (non-hydrogen) atoms. The Hall–Kier alpha value is -3.49. The maximum absolute atomic E-state index is 12.1. The quantitative estimate of drug-likeness (QED) is 0.275. The van der Waals surface area contributed by atoms with Crippen molar-refractivity contribution in [3.63, 3.8) is 0 Å². The van der Waals surface area contributed by atoms with Crippen LogP contribution in [-0.4, -0.2) is 38.7 Å². The van der Waals surface area contributed by atoms with E-state index in [2.05, 4.69) is 4.98 Å². The van der Waals surface area contributed by atoms with Crippen LogP contribution in [0.2, 0.25) is 0 Å². The first-order valence-corrected chi connectivity index (χ1v) is 10.0. The Morgan fingerprint density at radius 3 is 2.43 bits per heavy atom. The fraction of sp³-hybridized carbons (Fsp3) is 0.100. The molecule has 1 heterocycles. The average Bonchev–Trinajstić information content (AvgIpc) is 3.18. The number of nitrogens with two attached hydrogens (primary N) is 1. The van der Waals surface area contributed by atoms with Gasteiger partial charge in [0.05, 0.1) is 12.0 Å². The van der Waals surface area contributed by atoms with Crippen molar-refractivity contribution < 1.29 is 27.6 Å². The average molecular weight is 428 g/mol. The summed E-state index contributed by atoms with van der Waals surface area (Å²) < 4.78 is 33.5. The summed E-state index contributed by atoms with van der Waals surface area (Å²) in [6.07, 6.45) is 5.12. The number of terminal acetylenes is 1. The van der Waals surface area contributed by atoms with E-state index in [0.717, 1.165) is 7.05 Å². The summed E-state index contributed by atoms with van der Waals surface area (Å²) in [6.45, 7) is 0. The molecule has 1 aromatic heterocycles. The Labute approximate surface area is 172 Å². The summed E-state index contributed by atoms with van der Waals surface area (Å²) in [5.41, 5.74) is 0.794. The summed E-state index contributed by atoms with van der Waals surface area (Å²) in [4.78, 5) is 16.0. The van der Waals surface area contributed by atoms with E-state index in [4.69, 9.17) is 20.7 Å². The van der Waals surface area contributed by atoms with Gasteiger partial charge in [0, 0.05) is 17.0 Å². The van der Waals surface area contributed by atoms with E-state index >= 15 is 0 Å². The third-order valence-electron chi connectivity index (χ3n) is 4.31. The molecule has 2 aromatic carbocycles. The SMILES string of the molecule is C#CC(=O)[N+](C)(O)c1nc(-c2ccc(OC)cc2)c(-c2ccccc2S(N)(=O)=O)o1. The molecule has 0 bridgehead atoms. The van der Waals surface area contributed by atoms with Gasteiger partial charge in [0.25, 0.3) is 0 Å². The van der Waals surface area contributed by atoms with Crippen molar-refractivity contribution in [2.24, 2.45) is 5.14 Å². The lowest BCUT2D eigenvalue weighted by molar-refractivity contribution is -0.152. The molecule has 1 amide bonds. The minimum atomic E-state index is -4.11. The lowest BCUT2D eigenvalue weighted by atomic mass is 10.1. The van der Waals surface area contributed by atoms with Crippen molar-refractivity contribution in [2.75, 3.05) is 14.2 Å². The maximum atomic E-state index is 12.1. The smallest absolute Gasteiger partial charge is 0.447 e. The van der Waals surface area contributed by atoms with Gasteiger partial charge in [-0.2, -0.15) is 10.2 Å². The van der Waals surface area contributed by atoms with Gasteiger partial charge in [-0.25, -0.2) is 18.4 Å². The standard InChI is InChI=1S/C20H18N3O6S/c1-4-17(24)23(2,25)20-22-18(13-9-11-14(28-3)12-10-13)19(29-20)15-7-5-6-8-16(15)30(21,26)27/h1,5-12,25H,2-3H3,(H2,21,26,27)/q+1. The Morgan fingerprint density at radius 2 is 1.87 bits per heavy atom. The van der Waals surface area contributed by atoms with Crippen LogP contribution in [0.1, 0.15) is 0 Å². The second kappa shape index (κ2) is 7.74. The molecule has 0 spiro atoms. The number of amides is 1. The molecule has 3 aromatic rings. The second-order valence-electron chi connectivity index (χ2n) is 6.35. The van der Waals surface area contributed by atoms with Gasteiger partial charge in [0.15, 0.2) is 5.76 Å². The molecule has 0 aliphatic heterocycles. The van der Waals surface area contributed by atoms with E-state index in [1.54, 1.807) is 30.3 Å². The van der Waals surface area contributed by atoms with Gasteiger partial charge in [-0.15, -0.1) is 6.42 Å². The number of oxazole rings is 1. The second-order valence-corrected chi connectivity index (χ2v) is 7.88. The predicted octanol–water partition coefficient (Wildman–Crippen LogP) is 2.15. The van der Waals surface area contributed by atoms with Crippen LogP contribution in [0.3, 0.4) is 0 Å². The number of hydrogen-bond donors (Lipinski definition) is 2. The normalized spacial score (nSPS) is 13.3. The van der Waals surface area contributed by atoms with Crippen molar-refractivity contribution in [3.8, 4) is 40.7 Å². The van der Waals surface area contributed by atoms with Crippen LogP contribution in [0.25, 0.3) is 22.6 Å². The minimum Gasteiger partial charge on any atom is -0.497 e. The fourth-order valence-corrected chi connectivity index (χ4v) is 3.47. The van der Waals surface area contributed by atoms with E-state index in [9.17, 15) is 18.4 Å². The van der Waals surface area contributed by atoms with E-state index in [-0.39, 0.29) is 21.9 Å². The number of benzene rings is 2. The van der Waals surface area contributed by atoms with Gasteiger partial charge >= 0.3 is 11.9 Å². The molecule has 1 unspecified atom stereocenters. The molecule has 10 heteroatoms. The zero-order valence-electron chi connectivity index (χ0n) is 16.1. The number of sulfonamides is 1. The number of ether oxygens (including phenoxy) is 1. The topological polar surface area (TPSA) is 133 Å². The summed E-state index contributed by atoms with van der Waals surface area (Å²) in [6, 6.07) is 12.1. The number of quaternary nitrogens is 1. The van der Waals surface area contributed by atoms with Crippen molar-refractivity contribution >= 4 is 21.9 Å². The molecule has 1 atom stereocenters. The third-order valence-corrected chi connectivity index (χ3v) is 5.28. The number of methoxy groups -OCH3 is 1. The lowest BCUT2D eigenvalue weighted by Crippen LogP contribution is -2.46. The lowest BCUT2D eigenvalue weighted by Gasteiger charge is -2.13. The molecule has 0 aliphatic rings. The highest BCUT2D eigenvalue weighted by atomic mass is 32.2. The number of hydroxylamine groups is 2. The number of aromatic nitrogens is 1.